The molecule has 2 saturated heterocycles. The van der Waals surface area contributed by atoms with Crippen LogP contribution in [-0.4, -0.2) is 78.4 Å². The number of nitrogens with zero attached hydrogens (tertiary/aromatic N) is 5. The van der Waals surface area contributed by atoms with E-state index in [1.54, 1.807) is 4.90 Å². The fourth-order valence-corrected chi connectivity index (χ4v) is 4.65. The van der Waals surface area contributed by atoms with Crippen LogP contribution in [0.25, 0.3) is 10.9 Å². The largest absolute Gasteiger partial charge is 0.462 e. The van der Waals surface area contributed by atoms with E-state index >= 15 is 0 Å². The minimum Gasteiger partial charge on any atom is -0.462 e. The van der Waals surface area contributed by atoms with Gasteiger partial charge in [-0.1, -0.05) is 18.5 Å². The van der Waals surface area contributed by atoms with Crippen molar-refractivity contribution in [3.05, 3.63) is 28.8 Å². The molecule has 2 aromatic rings. The minimum absolute atomic E-state index is 0.00908. The Kier molecular flexibility index (Phi) is 3.91. The standard InChI is InChI=1S/C23H28ClF2N5O2/c1-13-18-15(9-27-20(13)24)21(31-6-7-32-10-16-17(26)19(16)31)29-22(28-18)33-12-23(2)11-30(3)5-4-14(23)8-25/h8-9,16-17,19H,4-7,10-12H2,1-3H3/b14-8+/t16-,17-,19-,23-/m0/s1/i1D3,3D3,12D2. The molecule has 0 unspecified atom stereocenters. The molecule has 4 atom stereocenters. The van der Waals surface area contributed by atoms with E-state index in [9.17, 15) is 8.78 Å². The van der Waals surface area contributed by atoms with E-state index < -0.39 is 62.1 Å². The summed E-state index contributed by atoms with van der Waals surface area (Å²) in [5, 5.41) is -0.229. The average Bonchev–Trinajstić information content (AvgIpc) is 3.55. The first-order valence-corrected chi connectivity index (χ1v) is 11.0. The van der Waals surface area contributed by atoms with E-state index in [-0.39, 0.29) is 66.5 Å². The van der Waals surface area contributed by atoms with E-state index in [0.29, 0.717) is 0 Å². The molecule has 33 heavy (non-hydrogen) atoms. The number of halogens is 3. The first kappa shape index (κ1) is 15.0. The number of fused-ring (bicyclic) bond motifs is 2. The summed E-state index contributed by atoms with van der Waals surface area (Å²) in [5.74, 6) is -0.389. The smallest absolute Gasteiger partial charge is 0.318 e. The summed E-state index contributed by atoms with van der Waals surface area (Å²) in [6.07, 6.45) is 0.201. The molecule has 4 heterocycles. The van der Waals surface area contributed by atoms with Gasteiger partial charge in [-0.05, 0) is 25.8 Å². The zero-order chi connectivity index (χ0) is 30.1. The molecule has 2 aromatic heterocycles. The summed E-state index contributed by atoms with van der Waals surface area (Å²) >= 11 is 6.19. The highest BCUT2D eigenvalue weighted by atomic mass is 35.5. The number of hydrogen-bond acceptors (Lipinski definition) is 7. The van der Waals surface area contributed by atoms with Crippen LogP contribution >= 0.6 is 11.6 Å². The second kappa shape index (κ2) is 8.60. The average molecular weight is 488 g/mol. The Hall–Kier alpha value is -2.10. The van der Waals surface area contributed by atoms with Crippen LogP contribution in [0.15, 0.2) is 18.1 Å². The maximum absolute atomic E-state index is 14.7. The molecule has 2 aliphatic heterocycles. The zero-order valence-corrected chi connectivity index (χ0v) is 18.6. The minimum atomic E-state index is -2.79. The summed E-state index contributed by atoms with van der Waals surface area (Å²) in [6, 6.07) is -1.25. The van der Waals surface area contributed by atoms with Crippen LogP contribution < -0.4 is 9.64 Å². The van der Waals surface area contributed by atoms with E-state index in [1.807, 2.05) is 0 Å². The van der Waals surface area contributed by atoms with Crippen molar-refractivity contribution in [1.82, 2.24) is 19.9 Å². The van der Waals surface area contributed by atoms with Gasteiger partial charge in [-0.3, -0.25) is 0 Å². The topological polar surface area (TPSA) is 63.6 Å². The number of aromatic nitrogens is 3. The van der Waals surface area contributed by atoms with Crippen molar-refractivity contribution in [2.24, 2.45) is 11.3 Å². The summed E-state index contributed by atoms with van der Waals surface area (Å²) in [4.78, 5) is 15.3. The molecule has 178 valence electrons. The molecular formula is C23H28ClF2N5O2. The third-order valence-electron chi connectivity index (χ3n) is 6.47. The van der Waals surface area contributed by atoms with Crippen molar-refractivity contribution in [2.75, 3.05) is 51.3 Å². The molecule has 0 radical (unpaired) electrons. The third kappa shape index (κ3) is 4.04. The Bertz CT molecular complexity index is 1380. The first-order valence-electron chi connectivity index (χ1n) is 14.6. The van der Waals surface area contributed by atoms with Crippen molar-refractivity contribution >= 4 is 28.3 Å². The van der Waals surface area contributed by atoms with Gasteiger partial charge in [0.1, 0.15) is 23.7 Å². The van der Waals surface area contributed by atoms with Gasteiger partial charge in [0.2, 0.25) is 0 Å². The van der Waals surface area contributed by atoms with Crippen LogP contribution in [0, 0.1) is 18.2 Å². The van der Waals surface area contributed by atoms with Crippen LogP contribution in [0.3, 0.4) is 0 Å². The Morgan fingerprint density at radius 1 is 1.45 bits per heavy atom. The maximum atomic E-state index is 14.7. The molecule has 0 amide bonds. The van der Waals surface area contributed by atoms with Crippen molar-refractivity contribution in [1.29, 1.82) is 0 Å². The van der Waals surface area contributed by atoms with Gasteiger partial charge in [0.15, 0.2) is 0 Å². The molecule has 0 N–H and O–H groups in total. The van der Waals surface area contributed by atoms with Crippen LogP contribution in [-0.2, 0) is 4.74 Å². The molecule has 1 saturated carbocycles. The molecule has 1 aliphatic carbocycles. The summed E-state index contributed by atoms with van der Waals surface area (Å²) in [6.45, 7) is -6.65. The van der Waals surface area contributed by atoms with E-state index in [2.05, 4.69) is 15.0 Å². The number of hydrogen-bond donors (Lipinski definition) is 0. The first-order chi connectivity index (χ1) is 19.0. The van der Waals surface area contributed by atoms with Crippen molar-refractivity contribution in [3.63, 3.8) is 0 Å². The van der Waals surface area contributed by atoms with Gasteiger partial charge in [-0.25, -0.2) is 13.8 Å². The SMILES string of the molecule is [2H]C([2H])([2H])c1c(Cl)ncc2c(N3CCOC[C@H]4[C@H](F)[C@H]43)nc(OC([2H])([2H])[C@]3(C)CN(C([2H])([2H])[2H])CC/C3=C\F)nc12. The molecule has 0 aromatic carbocycles. The quantitative estimate of drug-likeness (QED) is 0.609. The molecule has 0 spiro atoms. The van der Waals surface area contributed by atoms with Gasteiger partial charge >= 0.3 is 6.01 Å². The zero-order valence-electron chi connectivity index (χ0n) is 25.8. The Morgan fingerprint density at radius 3 is 3.12 bits per heavy atom. The highest BCUT2D eigenvalue weighted by Gasteiger charge is 2.56. The monoisotopic (exact) mass is 487 g/mol. The van der Waals surface area contributed by atoms with Crippen molar-refractivity contribution < 1.29 is 29.2 Å². The van der Waals surface area contributed by atoms with Gasteiger partial charge in [-0.2, -0.15) is 9.97 Å². The van der Waals surface area contributed by atoms with Crippen LogP contribution in [0.5, 0.6) is 6.01 Å². The number of piperidine rings is 1. The van der Waals surface area contributed by atoms with Crippen molar-refractivity contribution in [3.8, 4) is 6.01 Å². The molecular weight excluding hydrogens is 452 g/mol. The second-order valence-corrected chi connectivity index (χ2v) is 9.08. The lowest BCUT2D eigenvalue weighted by Crippen LogP contribution is -2.44. The summed E-state index contributed by atoms with van der Waals surface area (Å²) in [7, 11) is 0. The lowest BCUT2D eigenvalue weighted by Gasteiger charge is -2.40. The van der Waals surface area contributed by atoms with E-state index in [0.717, 1.165) is 4.90 Å². The Balaban J connectivity index is 1.65. The lowest BCUT2D eigenvalue weighted by molar-refractivity contribution is 0.109. The van der Waals surface area contributed by atoms with Crippen molar-refractivity contribution in [2.45, 2.75) is 32.4 Å². The maximum Gasteiger partial charge on any atom is 0.318 e. The van der Waals surface area contributed by atoms with Gasteiger partial charge in [0, 0.05) is 51.0 Å². The third-order valence-corrected chi connectivity index (χ3v) is 6.76. The second-order valence-electron chi connectivity index (χ2n) is 8.73. The fourth-order valence-electron chi connectivity index (χ4n) is 4.51. The van der Waals surface area contributed by atoms with Crippen LogP contribution in [0.1, 0.15) is 29.9 Å². The van der Waals surface area contributed by atoms with Gasteiger partial charge in [0.25, 0.3) is 0 Å². The summed E-state index contributed by atoms with van der Waals surface area (Å²) in [5.41, 5.74) is -2.44. The molecule has 7 nitrogen and oxygen atoms in total. The number of ether oxygens (including phenoxy) is 2. The number of pyridine rings is 1. The number of rotatable bonds is 4. The van der Waals surface area contributed by atoms with Crippen LogP contribution in [0.4, 0.5) is 14.6 Å². The molecule has 0 bridgehead atoms. The highest BCUT2D eigenvalue weighted by Crippen LogP contribution is 2.44. The van der Waals surface area contributed by atoms with Crippen LogP contribution in [0.2, 0.25) is 5.15 Å². The predicted molar refractivity (Wildman–Crippen MR) is 122 cm³/mol. The predicted octanol–water partition coefficient (Wildman–Crippen LogP) is 3.73. The Morgan fingerprint density at radius 2 is 2.33 bits per heavy atom. The number of likely N-dealkylation sites (tertiary alicyclic amines) is 1. The molecule has 3 aliphatic rings. The number of aryl methyl sites for hydroxylation is 1. The number of alkyl halides is 1. The Labute approximate surface area is 208 Å². The lowest BCUT2D eigenvalue weighted by atomic mass is 9.78. The molecule has 10 heteroatoms. The molecule has 3 fully saturated rings. The van der Waals surface area contributed by atoms with Gasteiger partial charge in [0.05, 0.1) is 39.2 Å². The highest BCUT2D eigenvalue weighted by molar-refractivity contribution is 6.31. The molecule has 5 rings (SSSR count). The number of anilines is 1. The van der Waals surface area contributed by atoms with Gasteiger partial charge in [-0.15, -0.1) is 0 Å². The summed E-state index contributed by atoms with van der Waals surface area (Å²) < 4.78 is 105. The normalized spacial score (nSPS) is 36.3. The van der Waals surface area contributed by atoms with E-state index in [1.165, 1.54) is 13.1 Å². The fraction of sp³-hybridized carbons (Fsp3) is 0.609. The van der Waals surface area contributed by atoms with Gasteiger partial charge < -0.3 is 19.3 Å². The van der Waals surface area contributed by atoms with E-state index in [4.69, 9.17) is 32.0 Å².